The Hall–Kier alpha value is -2.91. The first-order chi connectivity index (χ1) is 14.3. The van der Waals surface area contributed by atoms with E-state index in [2.05, 4.69) is 10.3 Å². The maximum atomic E-state index is 12.7. The lowest BCUT2D eigenvalue weighted by atomic mass is 10.2. The van der Waals surface area contributed by atoms with E-state index in [1.807, 2.05) is 19.9 Å². The van der Waals surface area contributed by atoms with Gasteiger partial charge in [-0.2, -0.15) is 4.31 Å². The molecule has 3 aromatic rings. The number of carbonyl (C=O) groups excluding carboxylic acids is 1. The molecule has 3 heterocycles. The van der Waals surface area contributed by atoms with Crippen LogP contribution in [0.4, 0.5) is 5.69 Å². The second kappa shape index (κ2) is 8.08. The molecule has 1 aromatic carbocycles. The van der Waals surface area contributed by atoms with E-state index in [1.165, 1.54) is 16.4 Å². The van der Waals surface area contributed by atoms with Gasteiger partial charge in [0.15, 0.2) is 5.76 Å². The monoisotopic (exact) mass is 429 g/mol. The minimum Gasteiger partial charge on any atom is -0.441 e. The number of aryl methyl sites for hydroxylation is 2. The zero-order valence-corrected chi connectivity index (χ0v) is 17.7. The molecule has 0 unspecified atom stereocenters. The summed E-state index contributed by atoms with van der Waals surface area (Å²) in [5, 5.41) is 2.51. The molecule has 1 fully saturated rings. The summed E-state index contributed by atoms with van der Waals surface area (Å²) in [6.45, 7) is 4.64. The molecule has 1 saturated heterocycles. The van der Waals surface area contributed by atoms with Crippen molar-refractivity contribution < 1.29 is 22.0 Å². The Morgan fingerprint density at radius 1 is 1.07 bits per heavy atom. The van der Waals surface area contributed by atoms with Crippen LogP contribution in [-0.4, -0.2) is 36.7 Å². The lowest BCUT2D eigenvalue weighted by molar-refractivity contribution is 0.0991. The fraction of sp³-hybridized carbons (Fsp3) is 0.333. The Morgan fingerprint density at radius 2 is 1.83 bits per heavy atom. The summed E-state index contributed by atoms with van der Waals surface area (Å²) >= 11 is 0. The summed E-state index contributed by atoms with van der Waals surface area (Å²) in [6.07, 6.45) is 2.67. The fourth-order valence-electron chi connectivity index (χ4n) is 3.33. The van der Waals surface area contributed by atoms with E-state index in [0.29, 0.717) is 24.7 Å². The second-order valence-corrected chi connectivity index (χ2v) is 9.15. The van der Waals surface area contributed by atoms with Gasteiger partial charge in [0.25, 0.3) is 15.9 Å². The van der Waals surface area contributed by atoms with Crippen LogP contribution in [0.1, 0.15) is 41.3 Å². The number of aromatic nitrogens is 1. The van der Waals surface area contributed by atoms with Crippen LogP contribution >= 0.6 is 0 Å². The highest BCUT2D eigenvalue weighted by Crippen LogP contribution is 2.26. The first-order valence-corrected chi connectivity index (χ1v) is 11.2. The predicted octanol–water partition coefficient (Wildman–Crippen LogP) is 3.98. The molecule has 1 N–H and O–H groups in total. The van der Waals surface area contributed by atoms with Gasteiger partial charge in [-0.05, 0) is 57.0 Å². The highest BCUT2D eigenvalue weighted by atomic mass is 32.2. The topological polar surface area (TPSA) is 106 Å². The second-order valence-electron chi connectivity index (χ2n) is 7.28. The molecular formula is C21H23N3O5S. The molecule has 0 aliphatic carbocycles. The van der Waals surface area contributed by atoms with Crippen molar-refractivity contribution in [1.29, 1.82) is 0 Å². The SMILES string of the molecule is Cc1nc(-c2cccc(NC(=O)c3ccc(S(=O)(=O)N4CCCCC4)o3)c2)oc1C. The summed E-state index contributed by atoms with van der Waals surface area (Å²) < 4.78 is 37.8. The predicted molar refractivity (Wildman–Crippen MR) is 111 cm³/mol. The molecule has 9 heteroatoms. The maximum Gasteiger partial charge on any atom is 0.291 e. The van der Waals surface area contributed by atoms with Crippen LogP contribution < -0.4 is 5.32 Å². The largest absolute Gasteiger partial charge is 0.441 e. The first kappa shape index (κ1) is 20.4. The number of hydrogen-bond donors (Lipinski definition) is 1. The van der Waals surface area contributed by atoms with E-state index in [4.69, 9.17) is 8.83 Å². The third-order valence-corrected chi connectivity index (χ3v) is 6.88. The average Bonchev–Trinajstić information content (AvgIpc) is 3.37. The minimum absolute atomic E-state index is 0.0706. The Bertz CT molecular complexity index is 1150. The molecule has 30 heavy (non-hydrogen) atoms. The molecule has 158 valence electrons. The number of nitrogens with one attached hydrogen (secondary N) is 1. The highest BCUT2D eigenvalue weighted by Gasteiger charge is 2.29. The number of rotatable bonds is 5. The number of sulfonamides is 1. The number of hydrogen-bond acceptors (Lipinski definition) is 6. The highest BCUT2D eigenvalue weighted by molar-refractivity contribution is 7.89. The van der Waals surface area contributed by atoms with Crippen LogP contribution in [0.15, 0.2) is 50.3 Å². The summed E-state index contributed by atoms with van der Waals surface area (Å²) in [5.74, 6) is 0.595. The normalized spacial score (nSPS) is 15.3. The van der Waals surface area contributed by atoms with Crippen molar-refractivity contribution in [3.05, 3.63) is 53.6 Å². The Labute approximate surface area is 174 Å². The Morgan fingerprint density at radius 3 is 2.53 bits per heavy atom. The van der Waals surface area contributed by atoms with Crippen LogP contribution in [-0.2, 0) is 10.0 Å². The van der Waals surface area contributed by atoms with Crippen molar-refractivity contribution in [3.8, 4) is 11.5 Å². The first-order valence-electron chi connectivity index (χ1n) is 9.80. The number of piperidine rings is 1. The number of benzene rings is 1. The Kier molecular flexibility index (Phi) is 5.48. The molecule has 0 bridgehead atoms. The summed E-state index contributed by atoms with van der Waals surface area (Å²) in [5.41, 5.74) is 2.04. The number of anilines is 1. The van der Waals surface area contributed by atoms with Crippen molar-refractivity contribution in [2.45, 2.75) is 38.2 Å². The van der Waals surface area contributed by atoms with Gasteiger partial charge in [0, 0.05) is 24.3 Å². The smallest absolute Gasteiger partial charge is 0.291 e. The van der Waals surface area contributed by atoms with Crippen LogP contribution in [0.2, 0.25) is 0 Å². The molecule has 0 spiro atoms. The zero-order valence-electron chi connectivity index (χ0n) is 16.8. The van der Waals surface area contributed by atoms with Gasteiger partial charge in [0.1, 0.15) is 5.76 Å². The van der Waals surface area contributed by atoms with Gasteiger partial charge in [-0.1, -0.05) is 12.5 Å². The number of furan rings is 1. The van der Waals surface area contributed by atoms with Gasteiger partial charge in [-0.15, -0.1) is 0 Å². The summed E-state index contributed by atoms with van der Waals surface area (Å²) in [7, 11) is -3.73. The zero-order chi connectivity index (χ0) is 21.3. The van der Waals surface area contributed by atoms with Gasteiger partial charge in [-0.3, -0.25) is 4.79 Å². The van der Waals surface area contributed by atoms with E-state index in [1.54, 1.807) is 18.2 Å². The molecule has 1 aliphatic rings. The standard InChI is InChI=1S/C21H23N3O5S/c1-14-15(2)28-21(22-14)16-7-6-8-17(13-16)23-20(25)18-9-10-19(29-18)30(26,27)24-11-4-3-5-12-24/h6-10,13H,3-5,11-12H2,1-2H3,(H,23,25). The number of carbonyl (C=O) groups is 1. The molecule has 8 nitrogen and oxygen atoms in total. The van der Waals surface area contributed by atoms with Crippen molar-refractivity contribution in [1.82, 2.24) is 9.29 Å². The quantitative estimate of drug-likeness (QED) is 0.658. The van der Waals surface area contributed by atoms with Crippen LogP contribution in [0, 0.1) is 13.8 Å². The number of oxazole rings is 1. The molecule has 0 radical (unpaired) electrons. The van der Waals surface area contributed by atoms with E-state index >= 15 is 0 Å². The van der Waals surface area contributed by atoms with Crippen molar-refractivity contribution in [3.63, 3.8) is 0 Å². The molecule has 1 amide bonds. The van der Waals surface area contributed by atoms with E-state index in [9.17, 15) is 13.2 Å². The molecule has 0 saturated carbocycles. The van der Waals surface area contributed by atoms with Crippen LogP contribution in [0.25, 0.3) is 11.5 Å². The minimum atomic E-state index is -3.73. The lowest BCUT2D eigenvalue weighted by Gasteiger charge is -2.24. The number of nitrogens with zero attached hydrogens (tertiary/aromatic N) is 2. The molecular weight excluding hydrogens is 406 g/mol. The molecule has 2 aromatic heterocycles. The van der Waals surface area contributed by atoms with Gasteiger partial charge < -0.3 is 14.2 Å². The number of amides is 1. The fourth-order valence-corrected chi connectivity index (χ4v) is 4.76. The van der Waals surface area contributed by atoms with Crippen molar-refractivity contribution >= 4 is 21.6 Å². The van der Waals surface area contributed by atoms with E-state index < -0.39 is 15.9 Å². The van der Waals surface area contributed by atoms with Gasteiger partial charge in [0.05, 0.1) is 5.69 Å². The Balaban J connectivity index is 1.50. The molecule has 0 atom stereocenters. The maximum absolute atomic E-state index is 12.7. The summed E-state index contributed by atoms with van der Waals surface area (Å²) in [6, 6.07) is 9.75. The van der Waals surface area contributed by atoms with E-state index in [-0.39, 0.29) is 10.9 Å². The van der Waals surface area contributed by atoms with Gasteiger partial charge >= 0.3 is 0 Å². The molecule has 4 rings (SSSR count). The van der Waals surface area contributed by atoms with Crippen LogP contribution in [0.5, 0.6) is 0 Å². The average molecular weight is 429 g/mol. The molecule has 1 aliphatic heterocycles. The van der Waals surface area contributed by atoms with E-state index in [0.717, 1.165) is 36.3 Å². The van der Waals surface area contributed by atoms with Gasteiger partial charge in [-0.25, -0.2) is 13.4 Å². The third kappa shape index (κ3) is 4.03. The third-order valence-electron chi connectivity index (χ3n) is 5.11. The van der Waals surface area contributed by atoms with Crippen molar-refractivity contribution in [2.75, 3.05) is 18.4 Å². The summed E-state index contributed by atoms with van der Waals surface area (Å²) in [4.78, 5) is 16.9. The van der Waals surface area contributed by atoms with Crippen molar-refractivity contribution in [2.24, 2.45) is 0 Å². The lowest BCUT2D eigenvalue weighted by Crippen LogP contribution is -2.35. The van der Waals surface area contributed by atoms with Crippen LogP contribution in [0.3, 0.4) is 0 Å². The van der Waals surface area contributed by atoms with Gasteiger partial charge in [0.2, 0.25) is 11.0 Å².